The van der Waals surface area contributed by atoms with Gasteiger partial charge in [0, 0.05) is 6.04 Å². The average molecular weight is 931 g/mol. The molecule has 0 spiro atoms. The highest BCUT2D eigenvalue weighted by Crippen LogP contribution is 2.68. The zero-order valence-electron chi connectivity index (χ0n) is 37.5. The standard InChI is InChI=1S/C37H72N4O.3C2HF3O2/c1-27(2)11-8-12-28(3)31-13-14-32-30-26-35(41-24-10-23-40-21-7-6-20-39-22-9-19-38)34-25-29(42)15-17-37(34,5)33(30)16-18-36(31,32)4;3*3-2(4,5)1(6)7/h27-35,39-42H,6-26,38H2,1-5H3;3*(H,6,7)/t28-,29+,30+,31-,32+,33+,34?,35-,36-,37-;;;/m1.../s1. The molecule has 0 radical (unpaired) electrons. The maximum atomic E-state index is 10.8. The zero-order valence-corrected chi connectivity index (χ0v) is 37.5. The SMILES string of the molecule is CC(C)CCC[C@@H](C)[C@H]1CC[C@H]2[C@@H]3C[C@@H](NCCCNCCCCNCCCN)C4C[C@@H](O)CC[C@]4(C)[C@H]3CC[C@]12C.O=C(O)C(F)(F)F.O=C(O)C(F)(F)F.O=C(O)C(F)(F)F. The minimum atomic E-state index is -5.08. The summed E-state index contributed by atoms with van der Waals surface area (Å²) in [5.74, 6) is -2.34. The third-order valence-corrected chi connectivity index (χ3v) is 14.1. The van der Waals surface area contributed by atoms with E-state index in [1.54, 1.807) is 0 Å². The molecule has 63 heavy (non-hydrogen) atoms. The van der Waals surface area contributed by atoms with E-state index in [1.165, 1.54) is 77.0 Å². The normalized spacial score (nSPS) is 29.6. The summed E-state index contributed by atoms with van der Waals surface area (Å²) < 4.78 is 95.2. The molecule has 9 N–H and O–H groups in total. The molecule has 4 aliphatic carbocycles. The molecule has 0 amide bonds. The van der Waals surface area contributed by atoms with E-state index in [0.717, 1.165) is 94.0 Å². The predicted octanol–water partition coefficient (Wildman–Crippen LogP) is 8.63. The number of nitrogens with one attached hydrogen (secondary N) is 3. The Morgan fingerprint density at radius 3 is 1.56 bits per heavy atom. The van der Waals surface area contributed by atoms with Gasteiger partial charge in [0.15, 0.2) is 0 Å². The van der Waals surface area contributed by atoms with Gasteiger partial charge in [-0.2, -0.15) is 39.5 Å². The number of alkyl halides is 9. The monoisotopic (exact) mass is 931 g/mol. The van der Waals surface area contributed by atoms with Gasteiger partial charge in [-0.05, 0) is 169 Å². The van der Waals surface area contributed by atoms with Gasteiger partial charge in [-0.15, -0.1) is 0 Å². The van der Waals surface area contributed by atoms with Crippen molar-refractivity contribution in [3.05, 3.63) is 0 Å². The van der Waals surface area contributed by atoms with Crippen LogP contribution in [0.15, 0.2) is 0 Å². The number of aliphatic hydroxyl groups excluding tert-OH is 1. The van der Waals surface area contributed by atoms with Crippen molar-refractivity contribution in [3.63, 3.8) is 0 Å². The quantitative estimate of drug-likeness (QED) is 0.0485. The molecule has 4 saturated carbocycles. The van der Waals surface area contributed by atoms with Crippen molar-refractivity contribution >= 4 is 17.9 Å². The number of carboxylic acid groups (broad SMARTS) is 3. The summed E-state index contributed by atoms with van der Waals surface area (Å²) in [6.07, 6.45) is 4.12. The third kappa shape index (κ3) is 19.5. The molecular formula is C43H75F9N4O7. The number of carboxylic acids is 3. The minimum absolute atomic E-state index is 0.0909. The average Bonchev–Trinajstić information content (AvgIpc) is 3.52. The lowest BCUT2D eigenvalue weighted by atomic mass is 9.43. The second kappa shape index (κ2) is 26.7. The van der Waals surface area contributed by atoms with Crippen molar-refractivity contribution < 1.29 is 74.3 Å². The zero-order chi connectivity index (χ0) is 48.4. The van der Waals surface area contributed by atoms with Crippen LogP contribution in [0.5, 0.6) is 0 Å². The first-order valence-electron chi connectivity index (χ1n) is 22.5. The summed E-state index contributed by atoms with van der Waals surface area (Å²) in [5, 5.41) is 43.5. The smallest absolute Gasteiger partial charge is 0.475 e. The number of halogens is 9. The second-order valence-corrected chi connectivity index (χ2v) is 18.9. The van der Waals surface area contributed by atoms with E-state index in [0.29, 0.717) is 22.8 Å². The lowest BCUT2D eigenvalue weighted by Crippen LogP contribution is -2.61. The molecule has 0 aromatic carbocycles. The molecule has 372 valence electrons. The second-order valence-electron chi connectivity index (χ2n) is 18.9. The first-order chi connectivity index (χ1) is 29.0. The molecule has 1 unspecified atom stereocenters. The van der Waals surface area contributed by atoms with Crippen LogP contribution < -0.4 is 21.7 Å². The Bertz CT molecular complexity index is 1300. The molecule has 0 bridgehead atoms. The van der Waals surface area contributed by atoms with E-state index >= 15 is 0 Å². The van der Waals surface area contributed by atoms with Crippen LogP contribution in [-0.4, -0.2) is 108 Å². The van der Waals surface area contributed by atoms with E-state index in [-0.39, 0.29) is 6.10 Å². The number of rotatable bonds is 18. The number of hydrogen-bond donors (Lipinski definition) is 8. The van der Waals surface area contributed by atoms with Crippen LogP contribution in [-0.2, 0) is 14.4 Å². The van der Waals surface area contributed by atoms with Crippen molar-refractivity contribution in [3.8, 4) is 0 Å². The van der Waals surface area contributed by atoms with Gasteiger partial charge in [0.1, 0.15) is 0 Å². The van der Waals surface area contributed by atoms with Gasteiger partial charge < -0.3 is 42.1 Å². The summed E-state index contributed by atoms with van der Waals surface area (Å²) in [5.41, 5.74) is 6.51. The summed E-state index contributed by atoms with van der Waals surface area (Å²) in [7, 11) is 0. The van der Waals surface area contributed by atoms with Gasteiger partial charge >= 0.3 is 36.4 Å². The van der Waals surface area contributed by atoms with E-state index in [2.05, 4.69) is 50.6 Å². The maximum Gasteiger partial charge on any atom is 0.490 e. The molecule has 0 aromatic rings. The van der Waals surface area contributed by atoms with Crippen LogP contribution in [0.25, 0.3) is 0 Å². The Balaban J connectivity index is 0.000000776. The molecule has 0 heterocycles. The van der Waals surface area contributed by atoms with E-state index < -0.39 is 36.4 Å². The molecule has 0 saturated heterocycles. The summed E-state index contributed by atoms with van der Waals surface area (Å²) in [4.78, 5) is 26.7. The predicted molar refractivity (Wildman–Crippen MR) is 221 cm³/mol. The fourth-order valence-electron chi connectivity index (χ4n) is 11.0. The number of fused-ring (bicyclic) bond motifs is 5. The molecule has 0 aliphatic heterocycles. The molecule has 20 heteroatoms. The van der Waals surface area contributed by atoms with Gasteiger partial charge in [-0.25, -0.2) is 14.4 Å². The van der Waals surface area contributed by atoms with Gasteiger partial charge in [-0.1, -0.05) is 53.9 Å². The Hall–Kier alpha value is -2.42. The van der Waals surface area contributed by atoms with Crippen molar-refractivity contribution in [1.82, 2.24) is 16.0 Å². The number of carbonyl (C=O) groups is 3. The number of unbranched alkanes of at least 4 members (excludes halogenated alkanes) is 1. The van der Waals surface area contributed by atoms with Crippen molar-refractivity contribution in [1.29, 1.82) is 0 Å². The van der Waals surface area contributed by atoms with Crippen LogP contribution in [0.2, 0.25) is 0 Å². The largest absolute Gasteiger partial charge is 0.490 e. The minimum Gasteiger partial charge on any atom is -0.475 e. The summed E-state index contributed by atoms with van der Waals surface area (Å²) >= 11 is 0. The summed E-state index contributed by atoms with van der Waals surface area (Å²) in [6, 6.07) is 0.579. The number of aliphatic carboxylic acids is 3. The lowest BCUT2D eigenvalue weighted by Gasteiger charge is -2.63. The van der Waals surface area contributed by atoms with Crippen molar-refractivity contribution in [2.45, 2.75) is 162 Å². The number of aliphatic hydroxyl groups is 1. The van der Waals surface area contributed by atoms with Gasteiger partial charge in [0.05, 0.1) is 6.10 Å². The van der Waals surface area contributed by atoms with E-state index in [9.17, 15) is 44.6 Å². The first-order valence-corrected chi connectivity index (χ1v) is 22.5. The topological polar surface area (TPSA) is 194 Å². The molecule has 4 rings (SSSR count). The molecular weight excluding hydrogens is 855 g/mol. The molecule has 0 aromatic heterocycles. The maximum absolute atomic E-state index is 10.8. The molecule has 4 fully saturated rings. The number of nitrogens with two attached hydrogens (primary N) is 1. The molecule has 11 nitrogen and oxygen atoms in total. The van der Waals surface area contributed by atoms with Gasteiger partial charge in [0.25, 0.3) is 0 Å². The third-order valence-electron chi connectivity index (χ3n) is 14.1. The fourth-order valence-corrected chi connectivity index (χ4v) is 11.0. The van der Waals surface area contributed by atoms with Crippen LogP contribution in [0, 0.1) is 52.3 Å². The lowest BCUT2D eigenvalue weighted by molar-refractivity contribution is -0.193. The van der Waals surface area contributed by atoms with Crippen LogP contribution in [0.1, 0.15) is 131 Å². The Labute approximate surface area is 366 Å². The molecule has 4 aliphatic rings. The van der Waals surface area contributed by atoms with E-state index in [1.807, 2.05) is 0 Å². The Morgan fingerprint density at radius 2 is 1.08 bits per heavy atom. The van der Waals surface area contributed by atoms with E-state index in [4.69, 9.17) is 35.4 Å². The number of hydrogen-bond acceptors (Lipinski definition) is 8. The van der Waals surface area contributed by atoms with Crippen LogP contribution in [0.3, 0.4) is 0 Å². The fraction of sp³-hybridized carbons (Fsp3) is 0.930. The Kier molecular flexibility index (Phi) is 24.8. The summed E-state index contributed by atoms with van der Waals surface area (Å²) in [6.45, 7) is 19.0. The Morgan fingerprint density at radius 1 is 0.619 bits per heavy atom. The highest BCUT2D eigenvalue weighted by molar-refractivity contribution is 5.73. The molecule has 10 atom stereocenters. The van der Waals surface area contributed by atoms with Crippen molar-refractivity contribution in [2.24, 2.45) is 58.0 Å². The van der Waals surface area contributed by atoms with Crippen LogP contribution >= 0.6 is 0 Å². The van der Waals surface area contributed by atoms with Crippen LogP contribution in [0.4, 0.5) is 39.5 Å². The highest BCUT2D eigenvalue weighted by Gasteiger charge is 2.62. The van der Waals surface area contributed by atoms with Gasteiger partial charge in [0.2, 0.25) is 0 Å². The highest BCUT2D eigenvalue weighted by atomic mass is 19.4. The van der Waals surface area contributed by atoms with Gasteiger partial charge in [-0.3, -0.25) is 0 Å². The van der Waals surface area contributed by atoms with Crippen molar-refractivity contribution in [2.75, 3.05) is 39.3 Å². The first kappa shape index (κ1) is 58.6.